The maximum atomic E-state index is 10.4. The van der Waals surface area contributed by atoms with E-state index in [2.05, 4.69) is 0 Å². The van der Waals surface area contributed by atoms with Crippen LogP contribution in [-0.4, -0.2) is 36.8 Å². The largest absolute Gasteiger partial charge is 0.485 e. The van der Waals surface area contributed by atoms with Crippen molar-refractivity contribution in [2.24, 2.45) is 0 Å². The highest BCUT2D eigenvalue weighted by atomic mass is 16.6. The number of aliphatic hydroxyl groups is 1. The summed E-state index contributed by atoms with van der Waals surface area (Å²) in [5, 5.41) is 9.44. The smallest absolute Gasteiger partial charge is 0.150 e. The summed E-state index contributed by atoms with van der Waals surface area (Å²) >= 11 is 0. The Morgan fingerprint density at radius 3 is 2.60 bits per heavy atom. The molecule has 1 aromatic rings. The number of rotatable bonds is 3. The maximum absolute atomic E-state index is 10.4. The Morgan fingerprint density at radius 2 is 2.07 bits per heavy atom. The molecular weight excluding hydrogens is 196 g/mol. The lowest BCUT2D eigenvalue weighted by molar-refractivity contribution is 0.0733. The van der Waals surface area contributed by atoms with E-state index in [1.807, 2.05) is 0 Å². The highest BCUT2D eigenvalue weighted by molar-refractivity contribution is 5.74. The van der Waals surface area contributed by atoms with Crippen LogP contribution in [0.5, 0.6) is 5.75 Å². The number of hydrogen-bond donors (Lipinski definition) is 1. The van der Waals surface area contributed by atoms with Gasteiger partial charge in [0.1, 0.15) is 24.2 Å². The molecule has 4 nitrogen and oxygen atoms in total. The first-order valence-corrected chi connectivity index (χ1v) is 4.77. The number of hydrogen-bond acceptors (Lipinski definition) is 4. The van der Waals surface area contributed by atoms with Crippen LogP contribution in [0.25, 0.3) is 0 Å². The minimum Gasteiger partial charge on any atom is -0.485 e. The summed E-state index contributed by atoms with van der Waals surface area (Å²) in [6, 6.07) is 6.75. The number of aliphatic hydroxyl groups excluding tert-OH is 1. The Balaban J connectivity index is 2.01. The fourth-order valence-electron chi connectivity index (χ4n) is 1.44. The molecule has 1 fully saturated rings. The third-order valence-electron chi connectivity index (χ3n) is 2.30. The molecule has 2 atom stereocenters. The van der Waals surface area contributed by atoms with Crippen molar-refractivity contribution >= 4 is 6.29 Å². The fourth-order valence-corrected chi connectivity index (χ4v) is 1.44. The van der Waals surface area contributed by atoms with Crippen LogP contribution in [0.4, 0.5) is 0 Å². The van der Waals surface area contributed by atoms with Gasteiger partial charge in [0.15, 0.2) is 0 Å². The lowest BCUT2D eigenvalue weighted by Crippen LogP contribution is -2.29. The molecule has 0 saturated carbocycles. The van der Waals surface area contributed by atoms with Crippen molar-refractivity contribution in [3.8, 4) is 5.75 Å². The molecule has 0 amide bonds. The van der Waals surface area contributed by atoms with Gasteiger partial charge < -0.3 is 14.6 Å². The van der Waals surface area contributed by atoms with Crippen molar-refractivity contribution in [1.29, 1.82) is 0 Å². The second kappa shape index (κ2) is 4.42. The van der Waals surface area contributed by atoms with E-state index in [9.17, 15) is 9.90 Å². The summed E-state index contributed by atoms with van der Waals surface area (Å²) in [4.78, 5) is 10.4. The Morgan fingerprint density at radius 1 is 1.33 bits per heavy atom. The van der Waals surface area contributed by atoms with Crippen molar-refractivity contribution in [2.75, 3.05) is 13.2 Å². The molecule has 2 rings (SSSR count). The average Bonchev–Trinajstić information content (AvgIpc) is 2.66. The summed E-state index contributed by atoms with van der Waals surface area (Å²) in [5.41, 5.74) is 0.602. The van der Waals surface area contributed by atoms with E-state index < -0.39 is 6.10 Å². The molecule has 0 spiro atoms. The lowest BCUT2D eigenvalue weighted by Gasteiger charge is -2.15. The van der Waals surface area contributed by atoms with Gasteiger partial charge >= 0.3 is 0 Å². The van der Waals surface area contributed by atoms with Crippen LogP contribution in [0.3, 0.4) is 0 Å². The first-order valence-electron chi connectivity index (χ1n) is 4.77. The minimum absolute atomic E-state index is 0.313. The van der Waals surface area contributed by atoms with E-state index >= 15 is 0 Å². The molecule has 15 heavy (non-hydrogen) atoms. The zero-order valence-electron chi connectivity index (χ0n) is 8.13. The minimum atomic E-state index is -0.573. The predicted octanol–water partition coefficient (Wildman–Crippen LogP) is 0.638. The van der Waals surface area contributed by atoms with Crippen LogP contribution < -0.4 is 4.74 Å². The van der Waals surface area contributed by atoms with E-state index in [1.54, 1.807) is 24.3 Å². The van der Waals surface area contributed by atoms with Crippen molar-refractivity contribution in [2.45, 2.75) is 12.2 Å². The molecule has 1 aliphatic heterocycles. The molecule has 0 unspecified atom stereocenters. The number of carbonyl (C=O) groups excluding carboxylic acids is 1. The van der Waals surface area contributed by atoms with Crippen LogP contribution >= 0.6 is 0 Å². The molecule has 0 radical (unpaired) electrons. The monoisotopic (exact) mass is 208 g/mol. The van der Waals surface area contributed by atoms with Gasteiger partial charge in [-0.3, -0.25) is 4.79 Å². The standard InChI is InChI=1S/C11H12O4/c12-5-8-1-3-9(4-2-8)15-11-7-14-6-10(11)13/h1-5,10-11,13H,6-7H2/t10-,11-/m0/s1. The fraction of sp³-hybridized carbons (Fsp3) is 0.364. The van der Waals surface area contributed by atoms with Crippen LogP contribution in [0.15, 0.2) is 24.3 Å². The summed E-state index contributed by atoms with van der Waals surface area (Å²) in [6.45, 7) is 0.716. The van der Waals surface area contributed by atoms with E-state index in [4.69, 9.17) is 9.47 Å². The third kappa shape index (κ3) is 2.34. The summed E-state index contributed by atoms with van der Waals surface area (Å²) in [7, 11) is 0. The Bertz CT molecular complexity index is 333. The van der Waals surface area contributed by atoms with Crippen molar-refractivity contribution in [3.05, 3.63) is 29.8 Å². The predicted molar refractivity (Wildman–Crippen MR) is 53.1 cm³/mol. The van der Waals surface area contributed by atoms with E-state index in [0.29, 0.717) is 24.5 Å². The third-order valence-corrected chi connectivity index (χ3v) is 2.30. The SMILES string of the molecule is O=Cc1ccc(O[C@H]2COC[C@@H]2O)cc1. The van der Waals surface area contributed by atoms with Gasteiger partial charge in [-0.25, -0.2) is 0 Å². The van der Waals surface area contributed by atoms with Gasteiger partial charge in [-0.05, 0) is 24.3 Å². The van der Waals surface area contributed by atoms with Gasteiger partial charge in [-0.2, -0.15) is 0 Å². The molecule has 1 aromatic carbocycles. The number of benzene rings is 1. The van der Waals surface area contributed by atoms with Crippen LogP contribution in [-0.2, 0) is 4.74 Å². The molecule has 0 aliphatic carbocycles. The maximum Gasteiger partial charge on any atom is 0.150 e. The van der Waals surface area contributed by atoms with Crippen molar-refractivity contribution < 1.29 is 19.4 Å². The Labute approximate surface area is 87.4 Å². The summed E-state index contributed by atoms with van der Waals surface area (Å²) in [5.74, 6) is 0.634. The van der Waals surface area contributed by atoms with Crippen molar-refractivity contribution in [1.82, 2.24) is 0 Å². The molecule has 0 bridgehead atoms. The van der Waals surface area contributed by atoms with Gasteiger partial charge in [-0.15, -0.1) is 0 Å². The first-order chi connectivity index (χ1) is 7.29. The quantitative estimate of drug-likeness (QED) is 0.740. The first kappa shape index (κ1) is 10.1. The van der Waals surface area contributed by atoms with Gasteiger partial charge in [0.05, 0.1) is 13.2 Å². The van der Waals surface area contributed by atoms with Gasteiger partial charge in [0, 0.05) is 5.56 Å². The van der Waals surface area contributed by atoms with Gasteiger partial charge in [0.2, 0.25) is 0 Å². The van der Waals surface area contributed by atoms with E-state index in [0.717, 1.165) is 6.29 Å². The van der Waals surface area contributed by atoms with Gasteiger partial charge in [0.25, 0.3) is 0 Å². The Hall–Kier alpha value is -1.39. The highest BCUT2D eigenvalue weighted by Gasteiger charge is 2.27. The van der Waals surface area contributed by atoms with Crippen molar-refractivity contribution in [3.63, 3.8) is 0 Å². The van der Waals surface area contributed by atoms with Crippen LogP contribution in [0, 0.1) is 0 Å². The van der Waals surface area contributed by atoms with Crippen LogP contribution in [0.1, 0.15) is 10.4 Å². The molecule has 1 N–H and O–H groups in total. The van der Waals surface area contributed by atoms with E-state index in [1.165, 1.54) is 0 Å². The number of carbonyl (C=O) groups is 1. The topological polar surface area (TPSA) is 55.8 Å². The molecular formula is C11H12O4. The van der Waals surface area contributed by atoms with Gasteiger partial charge in [-0.1, -0.05) is 0 Å². The highest BCUT2D eigenvalue weighted by Crippen LogP contribution is 2.17. The summed E-state index contributed by atoms with van der Waals surface area (Å²) in [6.07, 6.45) is -0.111. The zero-order chi connectivity index (χ0) is 10.7. The molecule has 1 aliphatic rings. The number of ether oxygens (including phenoxy) is 2. The average molecular weight is 208 g/mol. The Kier molecular flexibility index (Phi) is 2.99. The molecule has 4 heteroatoms. The van der Waals surface area contributed by atoms with Crippen LogP contribution in [0.2, 0.25) is 0 Å². The molecule has 1 saturated heterocycles. The lowest BCUT2D eigenvalue weighted by atomic mass is 10.2. The zero-order valence-corrected chi connectivity index (χ0v) is 8.13. The second-order valence-corrected chi connectivity index (χ2v) is 3.45. The molecule has 1 heterocycles. The van der Waals surface area contributed by atoms with E-state index in [-0.39, 0.29) is 6.10 Å². The number of aldehydes is 1. The second-order valence-electron chi connectivity index (χ2n) is 3.45. The molecule has 80 valence electrons. The normalized spacial score (nSPS) is 25.1. The molecule has 0 aromatic heterocycles. The summed E-state index contributed by atoms with van der Waals surface area (Å²) < 4.78 is 10.6.